The Kier molecular flexibility index (Phi) is 3.72. The van der Waals surface area contributed by atoms with Crippen LogP contribution >= 0.6 is 0 Å². The van der Waals surface area contributed by atoms with Gasteiger partial charge in [-0.1, -0.05) is 0 Å². The maximum absolute atomic E-state index is 9.01. The van der Waals surface area contributed by atoms with Gasteiger partial charge in [0, 0.05) is 18.5 Å². The van der Waals surface area contributed by atoms with Gasteiger partial charge in [-0.3, -0.25) is 0 Å². The van der Waals surface area contributed by atoms with Gasteiger partial charge < -0.3 is 14.8 Å². The molecule has 0 fully saturated rings. The van der Waals surface area contributed by atoms with Crippen LogP contribution in [0.4, 0.5) is 0 Å². The zero-order valence-corrected chi connectivity index (χ0v) is 9.13. The Morgan fingerprint density at radius 1 is 1.43 bits per heavy atom. The second-order valence-corrected chi connectivity index (χ2v) is 4.23. The number of hydrogen-bond acceptors (Lipinski definition) is 3. The van der Waals surface area contributed by atoms with Crippen LogP contribution in [0.5, 0.6) is 0 Å². The molecule has 0 spiro atoms. The first-order valence-corrected chi connectivity index (χ1v) is 4.95. The molecule has 0 amide bonds. The molecule has 0 unspecified atom stereocenters. The molecule has 14 heavy (non-hydrogen) atoms. The highest BCUT2D eigenvalue weighted by molar-refractivity contribution is 5.05. The van der Waals surface area contributed by atoms with E-state index >= 15 is 0 Å². The fraction of sp³-hybridized carbons (Fsp3) is 0.636. The van der Waals surface area contributed by atoms with Crippen molar-refractivity contribution in [1.82, 2.24) is 5.32 Å². The third kappa shape index (κ3) is 3.52. The summed E-state index contributed by atoms with van der Waals surface area (Å²) in [5.41, 5.74) is -0.207. The zero-order chi connectivity index (χ0) is 10.6. The number of aliphatic hydroxyl groups is 1. The molecule has 0 aromatic carbocycles. The second-order valence-electron chi connectivity index (χ2n) is 4.23. The standard InChI is InChI=1S/C11H19NO2/c1-9-4-5-10(14-9)6-7-12-11(2,3)8-13/h4-5,12-13H,6-8H2,1-3H3. The minimum Gasteiger partial charge on any atom is -0.466 e. The lowest BCUT2D eigenvalue weighted by atomic mass is 10.1. The summed E-state index contributed by atoms with van der Waals surface area (Å²) in [6, 6.07) is 3.95. The van der Waals surface area contributed by atoms with Crippen molar-refractivity contribution in [3.63, 3.8) is 0 Å². The lowest BCUT2D eigenvalue weighted by Crippen LogP contribution is -2.43. The molecule has 2 N–H and O–H groups in total. The van der Waals surface area contributed by atoms with Gasteiger partial charge in [-0.05, 0) is 32.9 Å². The predicted molar refractivity (Wildman–Crippen MR) is 56.3 cm³/mol. The van der Waals surface area contributed by atoms with E-state index in [1.54, 1.807) is 0 Å². The third-order valence-corrected chi connectivity index (χ3v) is 2.17. The fourth-order valence-corrected chi connectivity index (χ4v) is 1.20. The van der Waals surface area contributed by atoms with Crippen LogP contribution in [0.1, 0.15) is 25.4 Å². The van der Waals surface area contributed by atoms with Crippen molar-refractivity contribution in [1.29, 1.82) is 0 Å². The van der Waals surface area contributed by atoms with Gasteiger partial charge in [0.2, 0.25) is 0 Å². The van der Waals surface area contributed by atoms with E-state index in [-0.39, 0.29) is 12.1 Å². The van der Waals surface area contributed by atoms with E-state index < -0.39 is 0 Å². The Labute approximate surface area is 85.1 Å². The quantitative estimate of drug-likeness (QED) is 0.751. The van der Waals surface area contributed by atoms with Crippen molar-refractivity contribution < 1.29 is 9.52 Å². The molecule has 0 saturated carbocycles. The first kappa shape index (κ1) is 11.3. The molecule has 3 heteroatoms. The Bertz CT molecular complexity index is 279. The summed E-state index contributed by atoms with van der Waals surface area (Å²) in [5.74, 6) is 1.94. The Hall–Kier alpha value is -0.800. The Morgan fingerprint density at radius 3 is 2.64 bits per heavy atom. The van der Waals surface area contributed by atoms with E-state index in [9.17, 15) is 0 Å². The highest BCUT2D eigenvalue weighted by Crippen LogP contribution is 2.07. The second kappa shape index (κ2) is 4.62. The van der Waals surface area contributed by atoms with Crippen LogP contribution in [0.2, 0.25) is 0 Å². The summed E-state index contributed by atoms with van der Waals surface area (Å²) >= 11 is 0. The van der Waals surface area contributed by atoms with Crippen LogP contribution in [0.15, 0.2) is 16.5 Å². The molecule has 1 rings (SSSR count). The summed E-state index contributed by atoms with van der Waals surface area (Å²) in [6.07, 6.45) is 0.858. The van der Waals surface area contributed by atoms with E-state index in [1.165, 1.54) is 0 Å². The van der Waals surface area contributed by atoms with E-state index in [4.69, 9.17) is 9.52 Å². The molecule has 0 saturated heterocycles. The number of aryl methyl sites for hydroxylation is 1. The van der Waals surface area contributed by atoms with Gasteiger partial charge in [0.15, 0.2) is 0 Å². The summed E-state index contributed by atoms with van der Waals surface area (Å²) < 4.78 is 5.43. The van der Waals surface area contributed by atoms with Crippen molar-refractivity contribution in [2.45, 2.75) is 32.7 Å². The lowest BCUT2D eigenvalue weighted by molar-refractivity contribution is 0.189. The number of hydrogen-bond donors (Lipinski definition) is 2. The van der Waals surface area contributed by atoms with Crippen molar-refractivity contribution in [2.75, 3.05) is 13.2 Å². The van der Waals surface area contributed by atoms with Gasteiger partial charge in [-0.15, -0.1) is 0 Å². The highest BCUT2D eigenvalue weighted by Gasteiger charge is 2.14. The normalized spacial score (nSPS) is 12.0. The van der Waals surface area contributed by atoms with Gasteiger partial charge in [0.05, 0.1) is 6.61 Å². The topological polar surface area (TPSA) is 45.4 Å². The average Bonchev–Trinajstić information content (AvgIpc) is 2.51. The lowest BCUT2D eigenvalue weighted by Gasteiger charge is -2.23. The van der Waals surface area contributed by atoms with Gasteiger partial charge in [0.1, 0.15) is 11.5 Å². The third-order valence-electron chi connectivity index (χ3n) is 2.17. The number of rotatable bonds is 5. The maximum atomic E-state index is 9.01. The van der Waals surface area contributed by atoms with E-state index in [0.717, 1.165) is 24.5 Å². The molecule has 0 bridgehead atoms. The monoisotopic (exact) mass is 197 g/mol. The molecule has 0 radical (unpaired) electrons. The molecular formula is C11H19NO2. The van der Waals surface area contributed by atoms with Crippen molar-refractivity contribution >= 4 is 0 Å². The molecule has 0 atom stereocenters. The van der Waals surface area contributed by atoms with Crippen molar-refractivity contribution in [3.05, 3.63) is 23.7 Å². The summed E-state index contributed by atoms with van der Waals surface area (Å²) in [6.45, 7) is 6.85. The SMILES string of the molecule is Cc1ccc(CCNC(C)(C)CO)o1. The first-order chi connectivity index (χ1) is 6.53. The summed E-state index contributed by atoms with van der Waals surface area (Å²) in [5, 5.41) is 12.3. The molecule has 3 nitrogen and oxygen atoms in total. The van der Waals surface area contributed by atoms with Gasteiger partial charge in [-0.2, -0.15) is 0 Å². The molecule has 80 valence electrons. The van der Waals surface area contributed by atoms with Crippen molar-refractivity contribution in [2.24, 2.45) is 0 Å². The van der Waals surface area contributed by atoms with Gasteiger partial charge >= 0.3 is 0 Å². The minimum atomic E-state index is -0.207. The maximum Gasteiger partial charge on any atom is 0.105 e. The molecule has 1 aromatic heterocycles. The summed E-state index contributed by atoms with van der Waals surface area (Å²) in [4.78, 5) is 0. The molecular weight excluding hydrogens is 178 g/mol. The van der Waals surface area contributed by atoms with E-state index in [1.807, 2.05) is 32.9 Å². The Morgan fingerprint density at radius 2 is 2.14 bits per heavy atom. The number of nitrogens with one attached hydrogen (secondary N) is 1. The largest absolute Gasteiger partial charge is 0.466 e. The molecule has 0 aliphatic heterocycles. The predicted octanol–water partition coefficient (Wildman–Crippen LogP) is 1.49. The van der Waals surface area contributed by atoms with E-state index in [2.05, 4.69) is 5.32 Å². The summed E-state index contributed by atoms with van der Waals surface area (Å²) in [7, 11) is 0. The first-order valence-electron chi connectivity index (χ1n) is 4.95. The van der Waals surface area contributed by atoms with Crippen LogP contribution in [0, 0.1) is 6.92 Å². The van der Waals surface area contributed by atoms with Crippen LogP contribution in [-0.2, 0) is 6.42 Å². The molecule has 1 aromatic rings. The van der Waals surface area contributed by atoms with Gasteiger partial charge in [0.25, 0.3) is 0 Å². The highest BCUT2D eigenvalue weighted by atomic mass is 16.3. The number of furan rings is 1. The number of aliphatic hydroxyl groups excluding tert-OH is 1. The Balaban J connectivity index is 2.28. The molecule has 0 aliphatic carbocycles. The van der Waals surface area contributed by atoms with Crippen LogP contribution in [0.3, 0.4) is 0 Å². The molecule has 0 aliphatic rings. The zero-order valence-electron chi connectivity index (χ0n) is 9.13. The average molecular weight is 197 g/mol. The van der Waals surface area contributed by atoms with E-state index in [0.29, 0.717) is 0 Å². The van der Waals surface area contributed by atoms with Crippen LogP contribution in [0.25, 0.3) is 0 Å². The van der Waals surface area contributed by atoms with Crippen molar-refractivity contribution in [3.8, 4) is 0 Å². The van der Waals surface area contributed by atoms with Gasteiger partial charge in [-0.25, -0.2) is 0 Å². The minimum absolute atomic E-state index is 0.143. The van der Waals surface area contributed by atoms with Crippen LogP contribution < -0.4 is 5.32 Å². The fourth-order valence-electron chi connectivity index (χ4n) is 1.20. The molecule has 1 heterocycles. The smallest absolute Gasteiger partial charge is 0.105 e. The van der Waals surface area contributed by atoms with Crippen LogP contribution in [-0.4, -0.2) is 23.8 Å².